The van der Waals surface area contributed by atoms with Crippen molar-refractivity contribution in [1.29, 1.82) is 0 Å². The lowest BCUT2D eigenvalue weighted by atomic mass is 10.0. The lowest BCUT2D eigenvalue weighted by molar-refractivity contribution is 0.470. The van der Waals surface area contributed by atoms with Gasteiger partial charge in [0.05, 0.1) is 10.6 Å². The number of benzene rings is 1. The molecule has 0 radical (unpaired) electrons. The molecule has 126 valence electrons. The van der Waals surface area contributed by atoms with Crippen LogP contribution in [0.15, 0.2) is 29.2 Å². The third kappa shape index (κ3) is 2.57. The van der Waals surface area contributed by atoms with Crippen molar-refractivity contribution < 1.29 is 8.42 Å². The summed E-state index contributed by atoms with van der Waals surface area (Å²) < 4.78 is 22.9. The summed E-state index contributed by atoms with van der Waals surface area (Å²) in [5.41, 5.74) is 4.16. The number of hydrogen-bond acceptors (Lipinski definition) is 5. The van der Waals surface area contributed by atoms with Crippen LogP contribution in [0.5, 0.6) is 0 Å². The van der Waals surface area contributed by atoms with Crippen molar-refractivity contribution in [1.82, 2.24) is 9.97 Å². The molecule has 1 aromatic carbocycles. The Balaban J connectivity index is 1.79. The largest absolute Gasteiger partial charge is 0.338 e. The maximum atomic E-state index is 11.4. The molecule has 0 spiro atoms. The van der Waals surface area contributed by atoms with Crippen molar-refractivity contribution in [3.63, 3.8) is 0 Å². The van der Waals surface area contributed by atoms with Gasteiger partial charge in [0, 0.05) is 29.4 Å². The Kier molecular flexibility index (Phi) is 3.58. The Bertz CT molecular complexity index is 894. The van der Waals surface area contributed by atoms with Crippen LogP contribution in [0, 0.1) is 0 Å². The first kappa shape index (κ1) is 15.5. The van der Waals surface area contributed by atoms with E-state index in [1.165, 1.54) is 12.0 Å². The summed E-state index contributed by atoms with van der Waals surface area (Å²) in [4.78, 5) is 11.9. The average molecular weight is 344 g/mol. The zero-order valence-corrected chi connectivity index (χ0v) is 14.4. The number of hydrogen-bond donors (Lipinski definition) is 1. The number of aryl methyl sites for hydroxylation is 1. The number of nitrogens with zero attached hydrogens (tertiary/aromatic N) is 3. The van der Waals surface area contributed by atoms with E-state index in [0.29, 0.717) is 6.04 Å². The van der Waals surface area contributed by atoms with Gasteiger partial charge in [-0.25, -0.2) is 23.5 Å². The van der Waals surface area contributed by atoms with Crippen LogP contribution in [-0.4, -0.2) is 31.0 Å². The monoisotopic (exact) mass is 344 g/mol. The fourth-order valence-electron chi connectivity index (χ4n) is 3.40. The van der Waals surface area contributed by atoms with Crippen molar-refractivity contribution in [3.8, 4) is 11.3 Å². The first-order chi connectivity index (χ1) is 11.4. The maximum absolute atomic E-state index is 11.4. The Morgan fingerprint density at radius 2 is 1.92 bits per heavy atom. The number of rotatable bonds is 3. The van der Waals surface area contributed by atoms with E-state index in [-0.39, 0.29) is 4.90 Å². The van der Waals surface area contributed by atoms with Gasteiger partial charge in [-0.1, -0.05) is 12.1 Å². The smallest absolute Gasteiger partial charge is 0.238 e. The Hall–Kier alpha value is -1.99. The van der Waals surface area contributed by atoms with Gasteiger partial charge in [-0.2, -0.15) is 0 Å². The quantitative estimate of drug-likeness (QED) is 0.918. The molecule has 0 amide bonds. The van der Waals surface area contributed by atoms with Crippen LogP contribution in [0.1, 0.15) is 31.0 Å². The van der Waals surface area contributed by atoms with E-state index >= 15 is 0 Å². The molecule has 2 N–H and O–H groups in total. The van der Waals surface area contributed by atoms with Crippen LogP contribution in [0.2, 0.25) is 0 Å². The summed E-state index contributed by atoms with van der Waals surface area (Å²) in [6.45, 7) is 3.17. The molecule has 0 unspecified atom stereocenters. The van der Waals surface area contributed by atoms with Crippen LogP contribution in [0.25, 0.3) is 11.3 Å². The molecule has 0 saturated carbocycles. The van der Waals surface area contributed by atoms with Gasteiger partial charge >= 0.3 is 0 Å². The third-order valence-electron chi connectivity index (χ3n) is 4.95. The highest BCUT2D eigenvalue weighted by Crippen LogP contribution is 2.34. The fourth-order valence-corrected chi connectivity index (χ4v) is 3.92. The molecule has 1 aliphatic carbocycles. The summed E-state index contributed by atoms with van der Waals surface area (Å²) in [6.07, 6.45) is 4.21. The van der Waals surface area contributed by atoms with Gasteiger partial charge in [-0.3, -0.25) is 0 Å². The van der Waals surface area contributed by atoms with Gasteiger partial charge in [0.2, 0.25) is 16.0 Å². The van der Waals surface area contributed by atoms with Crippen LogP contribution >= 0.6 is 0 Å². The maximum Gasteiger partial charge on any atom is 0.238 e. The van der Waals surface area contributed by atoms with E-state index in [9.17, 15) is 8.42 Å². The van der Waals surface area contributed by atoms with Crippen molar-refractivity contribution in [3.05, 3.63) is 35.5 Å². The highest BCUT2D eigenvalue weighted by molar-refractivity contribution is 7.89. The minimum atomic E-state index is -3.68. The molecule has 1 aliphatic heterocycles. The van der Waals surface area contributed by atoms with Gasteiger partial charge in [-0.15, -0.1) is 0 Å². The second-order valence-corrected chi connectivity index (χ2v) is 8.11. The average Bonchev–Trinajstić information content (AvgIpc) is 3.00. The number of aromatic nitrogens is 2. The van der Waals surface area contributed by atoms with Crippen molar-refractivity contribution >= 4 is 16.0 Å². The summed E-state index contributed by atoms with van der Waals surface area (Å²) in [7, 11) is -3.68. The van der Waals surface area contributed by atoms with E-state index in [2.05, 4.69) is 11.8 Å². The highest BCUT2D eigenvalue weighted by atomic mass is 32.2. The first-order valence-electron chi connectivity index (χ1n) is 8.23. The molecule has 1 fully saturated rings. The minimum Gasteiger partial charge on any atom is -0.338 e. The minimum absolute atomic E-state index is 0.119. The molecule has 1 atom stereocenters. The molecule has 1 saturated heterocycles. The molecule has 7 heteroatoms. The summed E-state index contributed by atoms with van der Waals surface area (Å²) in [5.74, 6) is 0.792. The van der Waals surface area contributed by atoms with Crippen LogP contribution in [0.3, 0.4) is 0 Å². The van der Waals surface area contributed by atoms with E-state index in [1.807, 2.05) is 0 Å². The number of fused-ring (bicyclic) bond motifs is 1. The van der Waals surface area contributed by atoms with Gasteiger partial charge in [0.15, 0.2) is 0 Å². The lowest BCUT2D eigenvalue weighted by Crippen LogP contribution is -2.46. The number of nitrogens with two attached hydrogens (primary N) is 1. The topological polar surface area (TPSA) is 89.2 Å². The van der Waals surface area contributed by atoms with Crippen molar-refractivity contribution in [2.75, 3.05) is 11.4 Å². The Morgan fingerprint density at radius 1 is 1.17 bits per heavy atom. The van der Waals surface area contributed by atoms with Crippen molar-refractivity contribution in [2.24, 2.45) is 5.14 Å². The first-order valence-corrected chi connectivity index (χ1v) is 9.78. The normalized spacial score (nSPS) is 19.9. The van der Waals surface area contributed by atoms with Crippen molar-refractivity contribution in [2.45, 2.75) is 43.5 Å². The third-order valence-corrected chi connectivity index (χ3v) is 5.88. The predicted octanol–water partition coefficient (Wildman–Crippen LogP) is 1.88. The van der Waals surface area contributed by atoms with Gasteiger partial charge in [0.1, 0.15) is 0 Å². The van der Waals surface area contributed by atoms with E-state index < -0.39 is 10.0 Å². The van der Waals surface area contributed by atoms with E-state index in [0.717, 1.165) is 48.7 Å². The fraction of sp³-hybridized carbons (Fsp3) is 0.412. The van der Waals surface area contributed by atoms with E-state index in [4.69, 9.17) is 15.1 Å². The van der Waals surface area contributed by atoms with Gasteiger partial charge in [0.25, 0.3) is 0 Å². The molecule has 6 nitrogen and oxygen atoms in total. The molecule has 2 heterocycles. The second kappa shape index (κ2) is 5.53. The molecular weight excluding hydrogens is 324 g/mol. The SMILES string of the molecule is C[C@H]1CCN1c1nc2c(c(-c3ccc(S(N)(=O)=O)cc3)n1)CCC2. The zero-order valence-electron chi connectivity index (χ0n) is 13.6. The second-order valence-electron chi connectivity index (χ2n) is 6.55. The Labute approximate surface area is 141 Å². The molecule has 24 heavy (non-hydrogen) atoms. The van der Waals surface area contributed by atoms with Crippen LogP contribution in [0.4, 0.5) is 5.95 Å². The molecule has 1 aromatic heterocycles. The lowest BCUT2D eigenvalue weighted by Gasteiger charge is -2.39. The van der Waals surface area contributed by atoms with Crippen LogP contribution in [-0.2, 0) is 22.9 Å². The molecular formula is C17H20N4O2S. The molecule has 0 bridgehead atoms. The summed E-state index contributed by atoms with van der Waals surface area (Å²) in [6, 6.07) is 7.12. The molecule has 2 aliphatic rings. The highest BCUT2D eigenvalue weighted by Gasteiger charge is 2.29. The van der Waals surface area contributed by atoms with E-state index in [1.54, 1.807) is 24.3 Å². The zero-order chi connectivity index (χ0) is 16.9. The summed E-state index contributed by atoms with van der Waals surface area (Å²) in [5, 5.41) is 5.18. The molecule has 2 aromatic rings. The standard InChI is InChI=1S/C17H20N4O2S/c1-11-9-10-21(11)17-19-15-4-2-3-14(15)16(20-17)12-5-7-13(8-6-12)24(18,22)23/h5-8,11H,2-4,9-10H2,1H3,(H2,18,22,23)/t11-/m0/s1. The summed E-state index contributed by atoms with van der Waals surface area (Å²) >= 11 is 0. The Morgan fingerprint density at radius 3 is 2.50 bits per heavy atom. The number of anilines is 1. The van der Waals surface area contributed by atoms with Crippen LogP contribution < -0.4 is 10.0 Å². The number of primary sulfonamides is 1. The van der Waals surface area contributed by atoms with Gasteiger partial charge in [-0.05, 0) is 44.7 Å². The number of sulfonamides is 1. The predicted molar refractivity (Wildman–Crippen MR) is 92.3 cm³/mol. The molecule has 4 rings (SSSR count). The van der Waals surface area contributed by atoms with Gasteiger partial charge < -0.3 is 4.90 Å².